The average molecular weight is 358 g/mol. The summed E-state index contributed by atoms with van der Waals surface area (Å²) in [4.78, 5) is 24.4. The Kier molecular flexibility index (Phi) is 5.29. The first kappa shape index (κ1) is 18.4. The fraction of sp³-hybridized carbons (Fsp3) is 0.643. The number of aliphatic carboxylic acids is 1. The highest BCUT2D eigenvalue weighted by Gasteiger charge is 2.36. The summed E-state index contributed by atoms with van der Waals surface area (Å²) in [5.74, 6) is -1.99. The molecule has 1 aromatic rings. The van der Waals surface area contributed by atoms with Crippen LogP contribution in [0.15, 0.2) is 4.90 Å². The Morgan fingerprint density at radius 3 is 2.62 bits per heavy atom. The Morgan fingerprint density at radius 2 is 2.08 bits per heavy atom. The fourth-order valence-corrected chi connectivity index (χ4v) is 4.86. The molecule has 1 aromatic heterocycles. The summed E-state index contributed by atoms with van der Waals surface area (Å²) in [6.07, 6.45) is 1.09. The summed E-state index contributed by atoms with van der Waals surface area (Å²) in [5, 5.41) is 15.4. The van der Waals surface area contributed by atoms with Gasteiger partial charge in [-0.05, 0) is 26.7 Å². The lowest BCUT2D eigenvalue weighted by Gasteiger charge is -2.32. The number of nitrogens with one attached hydrogen (secondary N) is 1. The van der Waals surface area contributed by atoms with Gasteiger partial charge in [0.15, 0.2) is 0 Å². The number of likely N-dealkylation sites (N-methyl/N-ethyl adjacent to an activating group) is 1. The number of hydrogen-bond acceptors (Lipinski definition) is 5. The molecule has 1 atom stereocenters. The molecule has 1 amide bonds. The van der Waals surface area contributed by atoms with Crippen molar-refractivity contribution in [3.05, 3.63) is 11.4 Å². The lowest BCUT2D eigenvalue weighted by Crippen LogP contribution is -2.46. The minimum atomic E-state index is -3.74. The maximum atomic E-state index is 12.9. The highest BCUT2D eigenvalue weighted by Crippen LogP contribution is 2.27. The molecule has 1 aliphatic rings. The van der Waals surface area contributed by atoms with Crippen LogP contribution in [0.3, 0.4) is 0 Å². The molecule has 1 aliphatic heterocycles. The Morgan fingerprint density at radius 1 is 1.42 bits per heavy atom. The lowest BCUT2D eigenvalue weighted by molar-refractivity contribution is -0.145. The monoisotopic (exact) mass is 358 g/mol. The molecule has 2 heterocycles. The molecule has 0 bridgehead atoms. The summed E-state index contributed by atoms with van der Waals surface area (Å²) < 4.78 is 27.0. The maximum absolute atomic E-state index is 12.9. The van der Waals surface area contributed by atoms with Crippen molar-refractivity contribution in [2.24, 2.45) is 5.92 Å². The van der Waals surface area contributed by atoms with Crippen molar-refractivity contribution >= 4 is 21.9 Å². The second kappa shape index (κ2) is 6.89. The molecule has 9 nitrogen and oxygen atoms in total. The molecule has 2 N–H and O–H groups in total. The normalized spacial score (nSPS) is 19.2. The zero-order chi connectivity index (χ0) is 18.1. The van der Waals surface area contributed by atoms with E-state index in [4.69, 9.17) is 5.11 Å². The van der Waals surface area contributed by atoms with Gasteiger partial charge in [0.2, 0.25) is 15.9 Å². The third-order valence-corrected chi connectivity index (χ3v) is 6.27. The third-order valence-electron chi connectivity index (χ3n) is 4.14. The van der Waals surface area contributed by atoms with E-state index in [2.05, 4.69) is 10.2 Å². The molecule has 0 saturated carbocycles. The van der Waals surface area contributed by atoms with Crippen LogP contribution in [0.25, 0.3) is 0 Å². The molecule has 0 aliphatic carbocycles. The molecule has 134 valence electrons. The van der Waals surface area contributed by atoms with Crippen LogP contribution in [-0.4, -0.2) is 71.5 Å². The number of aryl methyl sites for hydroxylation is 2. The standard InChI is InChI=1S/C14H22N4O5S/c1-9-13(10(2)16-15-9)24(22,23)18-6-4-5-11(7-18)14(21)17(3)8-12(19)20/h11H,4-8H2,1-3H3,(H,15,16)(H,19,20). The maximum Gasteiger partial charge on any atom is 0.323 e. The number of aromatic nitrogens is 2. The average Bonchev–Trinajstić information content (AvgIpc) is 2.85. The molecule has 0 spiro atoms. The first-order valence-electron chi connectivity index (χ1n) is 7.63. The number of piperidine rings is 1. The van der Waals surface area contributed by atoms with Gasteiger partial charge in [-0.1, -0.05) is 0 Å². The fourth-order valence-electron chi connectivity index (χ4n) is 3.00. The first-order valence-corrected chi connectivity index (χ1v) is 9.07. The number of carboxylic acid groups (broad SMARTS) is 1. The van der Waals surface area contributed by atoms with Crippen LogP contribution < -0.4 is 0 Å². The number of carbonyl (C=O) groups is 2. The van der Waals surface area contributed by atoms with Crippen LogP contribution >= 0.6 is 0 Å². The van der Waals surface area contributed by atoms with Crippen molar-refractivity contribution in [2.45, 2.75) is 31.6 Å². The Hall–Kier alpha value is -1.94. The van der Waals surface area contributed by atoms with Crippen molar-refractivity contribution < 1.29 is 23.1 Å². The lowest BCUT2D eigenvalue weighted by atomic mass is 9.98. The number of rotatable bonds is 5. The first-order chi connectivity index (χ1) is 11.1. The van der Waals surface area contributed by atoms with Crippen molar-refractivity contribution in [2.75, 3.05) is 26.7 Å². The van der Waals surface area contributed by atoms with E-state index in [1.807, 2.05) is 0 Å². The van der Waals surface area contributed by atoms with E-state index >= 15 is 0 Å². The number of carboxylic acids is 1. The van der Waals surface area contributed by atoms with E-state index in [0.717, 1.165) is 4.90 Å². The number of hydrogen-bond donors (Lipinski definition) is 2. The highest BCUT2D eigenvalue weighted by molar-refractivity contribution is 7.89. The van der Waals surface area contributed by atoms with Gasteiger partial charge in [0.1, 0.15) is 11.4 Å². The zero-order valence-corrected chi connectivity index (χ0v) is 14.8. The van der Waals surface area contributed by atoms with E-state index in [9.17, 15) is 18.0 Å². The summed E-state index contributed by atoms with van der Waals surface area (Å²) in [6.45, 7) is 3.24. The molecular formula is C14H22N4O5S. The molecule has 1 unspecified atom stereocenters. The predicted molar refractivity (Wildman–Crippen MR) is 84.8 cm³/mol. The van der Waals surface area contributed by atoms with Crippen LogP contribution in [0, 0.1) is 19.8 Å². The van der Waals surface area contributed by atoms with Crippen LogP contribution in [0.5, 0.6) is 0 Å². The molecule has 1 saturated heterocycles. The molecule has 0 aromatic carbocycles. The quantitative estimate of drug-likeness (QED) is 0.762. The van der Waals surface area contributed by atoms with Crippen molar-refractivity contribution in [3.63, 3.8) is 0 Å². The number of nitrogens with zero attached hydrogens (tertiary/aromatic N) is 3. The van der Waals surface area contributed by atoms with Crippen LogP contribution in [0.1, 0.15) is 24.2 Å². The van der Waals surface area contributed by atoms with E-state index in [1.54, 1.807) is 13.8 Å². The van der Waals surface area contributed by atoms with Gasteiger partial charge in [0.05, 0.1) is 17.3 Å². The number of carbonyl (C=O) groups excluding carboxylic acids is 1. The van der Waals surface area contributed by atoms with Gasteiger partial charge in [-0.2, -0.15) is 9.40 Å². The molecule has 24 heavy (non-hydrogen) atoms. The Labute approximate surface area is 140 Å². The molecule has 2 rings (SSSR count). The zero-order valence-electron chi connectivity index (χ0n) is 13.9. The number of sulfonamides is 1. The summed E-state index contributed by atoms with van der Waals surface area (Å²) >= 11 is 0. The predicted octanol–water partition coefficient (Wildman–Crippen LogP) is -0.0298. The largest absolute Gasteiger partial charge is 0.480 e. The minimum absolute atomic E-state index is 0.0508. The summed E-state index contributed by atoms with van der Waals surface area (Å²) in [6, 6.07) is 0. The second-order valence-electron chi connectivity index (χ2n) is 6.05. The van der Waals surface area contributed by atoms with Gasteiger partial charge in [-0.15, -0.1) is 0 Å². The molecule has 10 heteroatoms. The van der Waals surface area contributed by atoms with Gasteiger partial charge in [-0.25, -0.2) is 8.42 Å². The van der Waals surface area contributed by atoms with E-state index in [0.29, 0.717) is 30.8 Å². The number of aromatic amines is 1. The van der Waals surface area contributed by atoms with Crippen LogP contribution in [0.2, 0.25) is 0 Å². The second-order valence-corrected chi connectivity index (χ2v) is 7.93. The van der Waals surface area contributed by atoms with E-state index in [-0.39, 0.29) is 17.3 Å². The van der Waals surface area contributed by atoms with Gasteiger partial charge < -0.3 is 10.0 Å². The van der Waals surface area contributed by atoms with Crippen LogP contribution in [-0.2, 0) is 19.6 Å². The molecule has 0 radical (unpaired) electrons. The van der Waals surface area contributed by atoms with Gasteiger partial charge >= 0.3 is 5.97 Å². The smallest absolute Gasteiger partial charge is 0.323 e. The van der Waals surface area contributed by atoms with Gasteiger partial charge in [0.25, 0.3) is 0 Å². The Bertz CT molecular complexity index is 723. The van der Waals surface area contributed by atoms with Crippen molar-refractivity contribution in [1.29, 1.82) is 0 Å². The number of amides is 1. The summed E-state index contributed by atoms with van der Waals surface area (Å²) in [7, 11) is -2.33. The van der Waals surface area contributed by atoms with Crippen molar-refractivity contribution in [3.8, 4) is 0 Å². The highest BCUT2D eigenvalue weighted by atomic mass is 32.2. The van der Waals surface area contributed by atoms with Crippen LogP contribution in [0.4, 0.5) is 0 Å². The topological polar surface area (TPSA) is 124 Å². The van der Waals surface area contributed by atoms with E-state index < -0.39 is 28.5 Å². The summed E-state index contributed by atoms with van der Waals surface area (Å²) in [5.41, 5.74) is 0.855. The minimum Gasteiger partial charge on any atom is -0.480 e. The van der Waals surface area contributed by atoms with Crippen molar-refractivity contribution in [1.82, 2.24) is 19.4 Å². The molecule has 1 fully saturated rings. The van der Waals surface area contributed by atoms with Gasteiger partial charge in [-0.3, -0.25) is 14.7 Å². The molecular weight excluding hydrogens is 336 g/mol. The Balaban J connectivity index is 2.19. The van der Waals surface area contributed by atoms with E-state index in [1.165, 1.54) is 11.4 Å². The number of H-pyrrole nitrogens is 1. The van der Waals surface area contributed by atoms with Gasteiger partial charge in [0, 0.05) is 20.1 Å². The SMILES string of the molecule is Cc1n[nH]c(C)c1S(=O)(=O)N1CCCC(C(=O)N(C)CC(=O)O)C1. The third kappa shape index (κ3) is 3.59.